The lowest BCUT2D eigenvalue weighted by atomic mass is 9.79. The number of ether oxygens (including phenoxy) is 5. The molecule has 1 aromatic heterocycles. The van der Waals surface area contributed by atoms with Crippen LogP contribution < -0.4 is 20.5 Å². The molecular weight excluding hydrogens is 834 g/mol. The van der Waals surface area contributed by atoms with Gasteiger partial charge in [0.25, 0.3) is 14.4 Å². The second-order valence-corrected chi connectivity index (χ2v) is 17.7. The summed E-state index contributed by atoms with van der Waals surface area (Å²) in [4.78, 5) is 31.7. The summed E-state index contributed by atoms with van der Waals surface area (Å²) in [5.41, 5.74) is 0.385. The summed E-state index contributed by atoms with van der Waals surface area (Å²) in [6.07, 6.45) is -0.577. The van der Waals surface area contributed by atoms with Crippen LogP contribution in [0.25, 0.3) is 0 Å². The first kappa shape index (κ1) is 46.5. The van der Waals surface area contributed by atoms with Crippen molar-refractivity contribution in [3.63, 3.8) is 0 Å². The van der Waals surface area contributed by atoms with Gasteiger partial charge in [-0.15, -0.1) is 0 Å². The van der Waals surface area contributed by atoms with Gasteiger partial charge in [-0.2, -0.15) is 10.2 Å². The van der Waals surface area contributed by atoms with Crippen molar-refractivity contribution in [1.29, 1.82) is 5.26 Å². The van der Waals surface area contributed by atoms with E-state index in [1.165, 1.54) is 4.57 Å². The lowest BCUT2D eigenvalue weighted by Gasteiger charge is -2.45. The van der Waals surface area contributed by atoms with E-state index in [0.717, 1.165) is 16.7 Å². The van der Waals surface area contributed by atoms with Crippen molar-refractivity contribution < 1.29 is 37.5 Å². The lowest BCUT2D eigenvalue weighted by molar-refractivity contribution is -0.168. The average Bonchev–Trinajstić information content (AvgIpc) is 3.46. The number of aryl methyl sites for hydroxylation is 1. The number of aromatic nitrogens is 2. The standard InChI is InChI=1S/C49H56N5O9P/c1-33(2)54(34(3)4)64(61-29-14-28-50)63-43-42-46(53-31-35(5)44(52-47(53)56)51-45(55)36-15-10-8-11-16-36)62-48(43,27-30-59-42)32-60-49(37-17-12-9-13-18-37,38-19-23-40(57-6)24-20-38)39-21-25-41(58-7)26-22-39/h8-13,15-26,31,33-34,42-43,46H,14,27,29-30,32H2,1-7H3,(H,51,52,55,56)/t42-,43+,46-,48-,64?/m1/s1. The molecule has 336 valence electrons. The van der Waals surface area contributed by atoms with Crippen molar-refractivity contribution in [2.24, 2.45) is 0 Å². The van der Waals surface area contributed by atoms with Gasteiger partial charge in [-0.3, -0.25) is 9.36 Å². The molecule has 64 heavy (non-hydrogen) atoms. The number of fused-ring (bicyclic) bond motifs is 2. The van der Waals surface area contributed by atoms with Crippen LogP contribution in [0.3, 0.4) is 0 Å². The van der Waals surface area contributed by atoms with Crippen LogP contribution in [0.2, 0.25) is 0 Å². The first-order chi connectivity index (χ1) is 30.9. The fourth-order valence-electron chi connectivity index (χ4n) is 8.46. The number of hydrogen-bond donors (Lipinski definition) is 1. The van der Waals surface area contributed by atoms with Crippen molar-refractivity contribution in [1.82, 2.24) is 14.2 Å². The monoisotopic (exact) mass is 889 g/mol. The van der Waals surface area contributed by atoms with E-state index in [9.17, 15) is 14.9 Å². The molecule has 0 aliphatic carbocycles. The van der Waals surface area contributed by atoms with Crippen LogP contribution in [-0.4, -0.2) is 84.1 Å². The summed E-state index contributed by atoms with van der Waals surface area (Å²) in [6.45, 7) is 10.4. The van der Waals surface area contributed by atoms with Crippen LogP contribution in [0.15, 0.2) is 120 Å². The molecule has 1 N–H and O–H groups in total. The number of benzene rings is 4. The highest BCUT2D eigenvalue weighted by Crippen LogP contribution is 2.56. The molecule has 4 aromatic carbocycles. The number of nitriles is 1. The Morgan fingerprint density at radius 1 is 0.922 bits per heavy atom. The largest absolute Gasteiger partial charge is 0.497 e. The Balaban J connectivity index is 1.35. The van der Waals surface area contributed by atoms with Gasteiger partial charge in [0.2, 0.25) is 0 Å². The van der Waals surface area contributed by atoms with Gasteiger partial charge in [0.15, 0.2) is 6.23 Å². The number of rotatable bonds is 19. The maximum Gasteiger partial charge on any atom is 0.351 e. The molecule has 5 aromatic rings. The third-order valence-corrected chi connectivity index (χ3v) is 13.6. The van der Waals surface area contributed by atoms with Crippen LogP contribution in [0, 0.1) is 18.3 Å². The molecular formula is C49H56N5O9P. The Hall–Kier alpha value is -5.49. The summed E-state index contributed by atoms with van der Waals surface area (Å²) in [6, 6.07) is 36.5. The minimum absolute atomic E-state index is 0.00302. The number of nitrogens with one attached hydrogen (secondary N) is 1. The molecule has 1 amide bonds. The minimum atomic E-state index is -1.81. The maximum atomic E-state index is 14.2. The summed E-state index contributed by atoms with van der Waals surface area (Å²) in [7, 11) is 1.44. The Kier molecular flexibility index (Phi) is 14.9. The summed E-state index contributed by atoms with van der Waals surface area (Å²) in [5.74, 6) is 1.11. The van der Waals surface area contributed by atoms with Crippen LogP contribution in [0.5, 0.6) is 11.5 Å². The van der Waals surface area contributed by atoms with E-state index in [2.05, 4.69) is 48.7 Å². The number of methoxy groups -OCH3 is 2. The number of nitrogens with zero attached hydrogens (tertiary/aromatic N) is 4. The third-order valence-electron chi connectivity index (χ3n) is 11.5. The number of amides is 1. The molecule has 3 heterocycles. The first-order valence-electron chi connectivity index (χ1n) is 21.4. The second kappa shape index (κ2) is 20.6. The van der Waals surface area contributed by atoms with Crippen molar-refractivity contribution in [3.8, 4) is 17.6 Å². The normalized spacial score (nSPS) is 20.0. The Morgan fingerprint density at radius 2 is 1.50 bits per heavy atom. The lowest BCUT2D eigenvalue weighted by Crippen LogP contribution is -2.54. The van der Waals surface area contributed by atoms with Crippen molar-refractivity contribution >= 4 is 20.3 Å². The summed E-state index contributed by atoms with van der Waals surface area (Å²) in [5, 5.41) is 12.3. The zero-order chi connectivity index (χ0) is 45.4. The van der Waals surface area contributed by atoms with E-state index in [-0.39, 0.29) is 44.1 Å². The fourth-order valence-corrected chi connectivity index (χ4v) is 10.3. The SMILES string of the molecule is COc1ccc(C(OC[C@@]23CCO[C@@H]([C@H](n4cc(C)c(NC(=O)c5ccccc5)nc4=O)O2)[C@@H]3OP(OCCC#N)N(C(C)C)C(C)C)(c2ccccc2)c2ccc(OC)cc2)cc1. The van der Waals surface area contributed by atoms with Gasteiger partial charge in [0.1, 0.15) is 40.7 Å². The van der Waals surface area contributed by atoms with Gasteiger partial charge < -0.3 is 38.0 Å². The highest BCUT2D eigenvalue weighted by atomic mass is 31.2. The zero-order valence-corrected chi connectivity index (χ0v) is 38.2. The number of carbonyl (C=O) groups excluding carboxylic acids is 1. The number of carbonyl (C=O) groups is 1. The Bertz CT molecular complexity index is 2370. The maximum absolute atomic E-state index is 14.2. The van der Waals surface area contributed by atoms with Crippen molar-refractivity contribution in [2.75, 3.05) is 39.4 Å². The molecule has 2 aliphatic heterocycles. The molecule has 2 saturated heterocycles. The highest BCUT2D eigenvalue weighted by molar-refractivity contribution is 7.44. The molecule has 2 bridgehead atoms. The van der Waals surface area contributed by atoms with E-state index < -0.39 is 49.8 Å². The molecule has 2 aliphatic rings. The molecule has 14 nitrogen and oxygen atoms in total. The van der Waals surface area contributed by atoms with Gasteiger partial charge in [-0.25, -0.2) is 9.46 Å². The molecule has 0 radical (unpaired) electrons. The molecule has 0 saturated carbocycles. The van der Waals surface area contributed by atoms with Crippen LogP contribution >= 0.6 is 8.53 Å². The van der Waals surface area contributed by atoms with Gasteiger partial charge in [-0.1, -0.05) is 72.8 Å². The van der Waals surface area contributed by atoms with Crippen LogP contribution in [0.1, 0.15) is 79.4 Å². The predicted octanol–water partition coefficient (Wildman–Crippen LogP) is 8.55. The Morgan fingerprint density at radius 3 is 2.06 bits per heavy atom. The van der Waals surface area contributed by atoms with Gasteiger partial charge in [-0.05, 0) is 87.7 Å². The number of anilines is 1. The molecule has 7 rings (SSSR count). The van der Waals surface area contributed by atoms with E-state index in [4.69, 9.17) is 32.7 Å². The smallest absolute Gasteiger partial charge is 0.351 e. The minimum Gasteiger partial charge on any atom is -0.497 e. The van der Waals surface area contributed by atoms with Gasteiger partial charge in [0, 0.05) is 35.8 Å². The predicted molar refractivity (Wildman–Crippen MR) is 243 cm³/mol. The molecule has 15 heteroatoms. The second-order valence-electron chi connectivity index (χ2n) is 16.3. The molecule has 1 unspecified atom stereocenters. The Labute approximate surface area is 376 Å². The highest BCUT2D eigenvalue weighted by Gasteiger charge is 2.62. The van der Waals surface area contributed by atoms with E-state index in [1.54, 1.807) is 51.6 Å². The number of hydrogen-bond acceptors (Lipinski definition) is 12. The van der Waals surface area contributed by atoms with Crippen LogP contribution in [0.4, 0.5) is 5.82 Å². The van der Waals surface area contributed by atoms with Crippen LogP contribution in [-0.2, 0) is 28.9 Å². The molecule has 2 fully saturated rings. The summed E-state index contributed by atoms with van der Waals surface area (Å²) < 4.78 is 49.7. The van der Waals surface area contributed by atoms with E-state index in [1.807, 2.05) is 84.9 Å². The quantitative estimate of drug-likeness (QED) is 0.0480. The summed E-state index contributed by atoms with van der Waals surface area (Å²) >= 11 is 0. The first-order valence-corrected chi connectivity index (χ1v) is 22.6. The fraction of sp³-hybridized carbons (Fsp3) is 0.388. The van der Waals surface area contributed by atoms with Gasteiger partial charge in [0.05, 0.1) is 46.5 Å². The topological polar surface area (TPSA) is 156 Å². The average molecular weight is 890 g/mol. The van der Waals surface area contributed by atoms with Gasteiger partial charge >= 0.3 is 5.69 Å². The molecule has 0 spiro atoms. The van der Waals surface area contributed by atoms with Crippen molar-refractivity contribution in [2.45, 2.75) is 89.2 Å². The van der Waals surface area contributed by atoms with E-state index in [0.29, 0.717) is 29.0 Å². The third kappa shape index (κ3) is 9.62. The zero-order valence-electron chi connectivity index (χ0n) is 37.3. The van der Waals surface area contributed by atoms with E-state index >= 15 is 0 Å². The molecule has 5 atom stereocenters. The van der Waals surface area contributed by atoms with Crippen molar-refractivity contribution in [3.05, 3.63) is 154 Å².